The van der Waals surface area contributed by atoms with E-state index in [4.69, 9.17) is 14.4 Å². The molecule has 2 amide bonds. The molecule has 104 valence electrons. The van der Waals surface area contributed by atoms with Gasteiger partial charge in [-0.05, 0) is 6.92 Å². The number of hydrogen-bond acceptors (Lipinski definition) is 6. The van der Waals surface area contributed by atoms with Crippen LogP contribution >= 0.6 is 0 Å². The van der Waals surface area contributed by atoms with E-state index >= 15 is 0 Å². The summed E-state index contributed by atoms with van der Waals surface area (Å²) in [5.41, 5.74) is 0. The second-order valence-corrected chi connectivity index (χ2v) is 4.02. The van der Waals surface area contributed by atoms with Gasteiger partial charge in [0.1, 0.15) is 0 Å². The maximum absolute atomic E-state index is 11.9. The minimum Gasteiger partial charge on any atom is -0.480 e. The standard InChI is InChI=1S/C10H14N4O5/c1-6-12-8(19-13-6)4-11-10(17)14-2-3-18-5-7(14)9(15)16/h7H,2-5H2,1H3,(H,11,17)(H,15,16). The summed E-state index contributed by atoms with van der Waals surface area (Å²) >= 11 is 0. The first kappa shape index (κ1) is 13.3. The van der Waals surface area contributed by atoms with Crippen LogP contribution in [0.15, 0.2) is 4.52 Å². The smallest absolute Gasteiger partial charge is 0.328 e. The molecular formula is C10H14N4O5. The summed E-state index contributed by atoms with van der Waals surface area (Å²) in [7, 11) is 0. The molecule has 19 heavy (non-hydrogen) atoms. The molecule has 9 heteroatoms. The molecule has 1 aromatic heterocycles. The minimum absolute atomic E-state index is 0.0115. The summed E-state index contributed by atoms with van der Waals surface area (Å²) < 4.78 is 9.89. The lowest BCUT2D eigenvalue weighted by molar-refractivity contribution is -0.147. The van der Waals surface area contributed by atoms with Gasteiger partial charge in [0, 0.05) is 6.54 Å². The van der Waals surface area contributed by atoms with Crippen LogP contribution in [-0.2, 0) is 16.1 Å². The molecule has 1 aliphatic heterocycles. The van der Waals surface area contributed by atoms with E-state index in [0.29, 0.717) is 12.4 Å². The Labute approximate surface area is 108 Å². The Bertz CT molecular complexity index is 474. The van der Waals surface area contributed by atoms with Crippen molar-refractivity contribution in [2.45, 2.75) is 19.5 Å². The zero-order valence-electron chi connectivity index (χ0n) is 10.3. The third-order valence-electron chi connectivity index (χ3n) is 2.63. The summed E-state index contributed by atoms with van der Waals surface area (Å²) in [5.74, 6) is -0.353. The van der Waals surface area contributed by atoms with Crippen LogP contribution in [-0.4, -0.2) is 57.9 Å². The van der Waals surface area contributed by atoms with Crippen LogP contribution in [0.2, 0.25) is 0 Å². The Morgan fingerprint density at radius 3 is 3.00 bits per heavy atom. The van der Waals surface area contributed by atoms with Crippen molar-refractivity contribution in [1.29, 1.82) is 0 Å². The number of nitrogens with one attached hydrogen (secondary N) is 1. The molecule has 2 heterocycles. The second kappa shape index (κ2) is 5.65. The van der Waals surface area contributed by atoms with E-state index < -0.39 is 18.0 Å². The minimum atomic E-state index is -1.09. The maximum atomic E-state index is 11.9. The third-order valence-corrected chi connectivity index (χ3v) is 2.63. The summed E-state index contributed by atoms with van der Waals surface area (Å²) in [4.78, 5) is 28.1. The summed E-state index contributed by atoms with van der Waals surface area (Å²) in [6.07, 6.45) is 0. The van der Waals surface area contributed by atoms with Crippen molar-refractivity contribution >= 4 is 12.0 Å². The molecule has 2 N–H and O–H groups in total. The van der Waals surface area contributed by atoms with E-state index in [1.807, 2.05) is 0 Å². The van der Waals surface area contributed by atoms with E-state index in [2.05, 4.69) is 15.5 Å². The Kier molecular flexibility index (Phi) is 3.95. The van der Waals surface area contributed by atoms with Gasteiger partial charge in [0.25, 0.3) is 0 Å². The maximum Gasteiger partial charge on any atom is 0.328 e. The van der Waals surface area contributed by atoms with Gasteiger partial charge in [-0.1, -0.05) is 5.16 Å². The highest BCUT2D eigenvalue weighted by molar-refractivity contribution is 5.82. The van der Waals surface area contributed by atoms with Gasteiger partial charge in [-0.3, -0.25) is 0 Å². The lowest BCUT2D eigenvalue weighted by atomic mass is 10.2. The van der Waals surface area contributed by atoms with Gasteiger partial charge in [-0.15, -0.1) is 0 Å². The number of ether oxygens (including phenoxy) is 1. The number of carboxylic acid groups (broad SMARTS) is 1. The number of carbonyl (C=O) groups excluding carboxylic acids is 1. The fraction of sp³-hybridized carbons (Fsp3) is 0.600. The number of carbonyl (C=O) groups is 2. The van der Waals surface area contributed by atoms with Crippen molar-refractivity contribution < 1.29 is 24.0 Å². The zero-order valence-corrected chi connectivity index (χ0v) is 10.3. The summed E-state index contributed by atoms with van der Waals surface area (Å²) in [6, 6.07) is -1.47. The topological polar surface area (TPSA) is 118 Å². The molecule has 0 spiro atoms. The third kappa shape index (κ3) is 3.19. The Balaban J connectivity index is 1.92. The van der Waals surface area contributed by atoms with Gasteiger partial charge < -0.3 is 24.6 Å². The molecule has 1 aromatic rings. The van der Waals surface area contributed by atoms with E-state index in [1.54, 1.807) is 6.92 Å². The van der Waals surface area contributed by atoms with Crippen LogP contribution in [0.3, 0.4) is 0 Å². The Hall–Kier alpha value is -2.16. The molecule has 0 aliphatic carbocycles. The molecule has 1 saturated heterocycles. The molecule has 0 saturated carbocycles. The first-order chi connectivity index (χ1) is 9.08. The van der Waals surface area contributed by atoms with E-state index in [-0.39, 0.29) is 25.6 Å². The van der Waals surface area contributed by atoms with Crippen molar-refractivity contribution in [3.05, 3.63) is 11.7 Å². The molecule has 1 aliphatic rings. The number of hydrogen-bond donors (Lipinski definition) is 2. The highest BCUT2D eigenvalue weighted by Crippen LogP contribution is 2.07. The number of rotatable bonds is 3. The molecule has 1 fully saturated rings. The molecule has 0 bridgehead atoms. The largest absolute Gasteiger partial charge is 0.480 e. The van der Waals surface area contributed by atoms with Gasteiger partial charge >= 0.3 is 12.0 Å². The zero-order chi connectivity index (χ0) is 13.8. The summed E-state index contributed by atoms with van der Waals surface area (Å²) in [5, 5.41) is 15.1. The highest BCUT2D eigenvalue weighted by Gasteiger charge is 2.32. The van der Waals surface area contributed by atoms with Gasteiger partial charge in [0.2, 0.25) is 5.89 Å². The fourth-order valence-corrected chi connectivity index (χ4v) is 1.72. The number of carboxylic acids is 1. The monoisotopic (exact) mass is 270 g/mol. The average Bonchev–Trinajstić information content (AvgIpc) is 2.81. The predicted octanol–water partition coefficient (Wildman–Crippen LogP) is -0.627. The quantitative estimate of drug-likeness (QED) is 0.750. The molecular weight excluding hydrogens is 256 g/mol. The average molecular weight is 270 g/mol. The van der Waals surface area contributed by atoms with Crippen molar-refractivity contribution in [3.8, 4) is 0 Å². The van der Waals surface area contributed by atoms with Crippen molar-refractivity contribution in [1.82, 2.24) is 20.4 Å². The van der Waals surface area contributed by atoms with Crippen LogP contribution in [0.5, 0.6) is 0 Å². The van der Waals surface area contributed by atoms with Crippen LogP contribution in [0, 0.1) is 6.92 Å². The Morgan fingerprint density at radius 1 is 1.58 bits per heavy atom. The number of aryl methyl sites for hydroxylation is 1. The molecule has 2 rings (SSSR count). The normalized spacial score (nSPS) is 19.2. The van der Waals surface area contributed by atoms with Crippen LogP contribution < -0.4 is 5.32 Å². The molecule has 0 aromatic carbocycles. The van der Waals surface area contributed by atoms with Crippen LogP contribution in [0.4, 0.5) is 4.79 Å². The lowest BCUT2D eigenvalue weighted by Crippen LogP contribution is -2.55. The van der Waals surface area contributed by atoms with Gasteiger partial charge in [0.15, 0.2) is 11.9 Å². The number of aromatic nitrogens is 2. The summed E-state index contributed by atoms with van der Waals surface area (Å²) in [6.45, 7) is 2.26. The molecule has 0 radical (unpaired) electrons. The van der Waals surface area contributed by atoms with Gasteiger partial charge in [-0.2, -0.15) is 4.98 Å². The van der Waals surface area contributed by atoms with Gasteiger partial charge in [0.05, 0.1) is 19.8 Å². The molecule has 1 atom stereocenters. The van der Waals surface area contributed by atoms with Crippen molar-refractivity contribution in [2.75, 3.05) is 19.8 Å². The Morgan fingerprint density at radius 2 is 2.37 bits per heavy atom. The lowest BCUT2D eigenvalue weighted by Gasteiger charge is -2.32. The SMILES string of the molecule is Cc1noc(CNC(=O)N2CCOCC2C(=O)O)n1. The second-order valence-electron chi connectivity index (χ2n) is 4.02. The first-order valence-corrected chi connectivity index (χ1v) is 5.72. The number of nitrogens with zero attached hydrogens (tertiary/aromatic N) is 3. The molecule has 9 nitrogen and oxygen atoms in total. The van der Waals surface area contributed by atoms with E-state index in [1.165, 1.54) is 4.90 Å². The number of amides is 2. The van der Waals surface area contributed by atoms with Crippen LogP contribution in [0.25, 0.3) is 0 Å². The highest BCUT2D eigenvalue weighted by atomic mass is 16.5. The van der Waals surface area contributed by atoms with E-state index in [9.17, 15) is 9.59 Å². The van der Waals surface area contributed by atoms with Gasteiger partial charge in [-0.25, -0.2) is 9.59 Å². The predicted molar refractivity (Wildman–Crippen MR) is 60.2 cm³/mol. The van der Waals surface area contributed by atoms with Crippen molar-refractivity contribution in [2.24, 2.45) is 0 Å². The van der Waals surface area contributed by atoms with Crippen LogP contribution in [0.1, 0.15) is 11.7 Å². The fourth-order valence-electron chi connectivity index (χ4n) is 1.72. The first-order valence-electron chi connectivity index (χ1n) is 5.72. The number of morpholine rings is 1. The number of aliphatic carboxylic acids is 1. The number of urea groups is 1. The van der Waals surface area contributed by atoms with E-state index in [0.717, 1.165) is 0 Å². The van der Waals surface area contributed by atoms with Crippen molar-refractivity contribution in [3.63, 3.8) is 0 Å². The molecule has 1 unspecified atom stereocenters.